The standard InChI is InChI=1S/C8H9N3OS/c1-8(2,12)7-9-3-5-6(11-7)10-4-13-5/h3-4,12H,1-2H3. The summed E-state index contributed by atoms with van der Waals surface area (Å²) in [6, 6.07) is 0. The minimum atomic E-state index is -1.00. The van der Waals surface area contributed by atoms with Gasteiger partial charge in [0.1, 0.15) is 5.60 Å². The Kier molecular flexibility index (Phi) is 1.78. The Morgan fingerprint density at radius 2 is 2.15 bits per heavy atom. The van der Waals surface area contributed by atoms with Gasteiger partial charge in [-0.15, -0.1) is 11.3 Å². The number of aromatic nitrogens is 3. The molecule has 0 saturated heterocycles. The Morgan fingerprint density at radius 1 is 1.38 bits per heavy atom. The van der Waals surface area contributed by atoms with Crippen molar-refractivity contribution < 1.29 is 5.11 Å². The summed E-state index contributed by atoms with van der Waals surface area (Å²) in [6.45, 7) is 3.31. The van der Waals surface area contributed by atoms with E-state index < -0.39 is 5.60 Å². The summed E-state index contributed by atoms with van der Waals surface area (Å²) in [7, 11) is 0. The second-order valence-electron chi connectivity index (χ2n) is 3.29. The van der Waals surface area contributed by atoms with Gasteiger partial charge in [0, 0.05) is 0 Å². The lowest BCUT2D eigenvalue weighted by Gasteiger charge is -2.13. The third-order valence-corrected chi connectivity index (χ3v) is 2.39. The van der Waals surface area contributed by atoms with Gasteiger partial charge in [0.05, 0.1) is 16.4 Å². The highest BCUT2D eigenvalue weighted by Gasteiger charge is 2.20. The molecule has 0 amide bonds. The topological polar surface area (TPSA) is 58.9 Å². The zero-order chi connectivity index (χ0) is 9.47. The highest BCUT2D eigenvalue weighted by molar-refractivity contribution is 7.16. The lowest BCUT2D eigenvalue weighted by atomic mass is 10.1. The van der Waals surface area contributed by atoms with E-state index in [0.29, 0.717) is 11.5 Å². The minimum Gasteiger partial charge on any atom is -0.382 e. The fourth-order valence-electron chi connectivity index (χ4n) is 0.965. The van der Waals surface area contributed by atoms with Crippen molar-refractivity contribution in [2.45, 2.75) is 19.4 Å². The van der Waals surface area contributed by atoms with Crippen molar-refractivity contribution in [3.05, 3.63) is 17.5 Å². The number of thiazole rings is 1. The molecule has 0 unspecified atom stereocenters. The van der Waals surface area contributed by atoms with Gasteiger partial charge in [-0.1, -0.05) is 0 Å². The molecular weight excluding hydrogens is 186 g/mol. The molecule has 1 N–H and O–H groups in total. The monoisotopic (exact) mass is 195 g/mol. The Bertz CT molecular complexity index is 432. The molecule has 13 heavy (non-hydrogen) atoms. The lowest BCUT2D eigenvalue weighted by Crippen LogP contribution is -2.19. The Morgan fingerprint density at radius 3 is 2.85 bits per heavy atom. The maximum Gasteiger partial charge on any atom is 0.173 e. The van der Waals surface area contributed by atoms with Crippen molar-refractivity contribution in [3.8, 4) is 0 Å². The van der Waals surface area contributed by atoms with E-state index >= 15 is 0 Å². The molecule has 2 heterocycles. The molecule has 0 fully saturated rings. The molecule has 0 aliphatic heterocycles. The number of nitrogens with zero attached hydrogens (tertiary/aromatic N) is 3. The SMILES string of the molecule is CC(C)(O)c1ncc2scnc2n1. The Labute approximate surface area is 79.3 Å². The van der Waals surface area contributed by atoms with Crippen LogP contribution in [-0.2, 0) is 5.60 Å². The molecule has 0 radical (unpaired) electrons. The average molecular weight is 195 g/mol. The van der Waals surface area contributed by atoms with E-state index in [-0.39, 0.29) is 0 Å². The van der Waals surface area contributed by atoms with Crippen molar-refractivity contribution in [1.82, 2.24) is 15.0 Å². The van der Waals surface area contributed by atoms with E-state index in [4.69, 9.17) is 0 Å². The van der Waals surface area contributed by atoms with E-state index in [1.165, 1.54) is 11.3 Å². The highest BCUT2D eigenvalue weighted by atomic mass is 32.1. The van der Waals surface area contributed by atoms with Crippen LogP contribution in [-0.4, -0.2) is 20.1 Å². The van der Waals surface area contributed by atoms with Crippen LogP contribution in [0.5, 0.6) is 0 Å². The van der Waals surface area contributed by atoms with Gasteiger partial charge in [0.2, 0.25) is 0 Å². The van der Waals surface area contributed by atoms with E-state index in [9.17, 15) is 5.11 Å². The summed E-state index contributed by atoms with van der Waals surface area (Å²) in [5.41, 5.74) is 1.36. The van der Waals surface area contributed by atoms with Crippen LogP contribution in [0.4, 0.5) is 0 Å². The molecule has 0 atom stereocenters. The summed E-state index contributed by atoms with van der Waals surface area (Å²) < 4.78 is 0.938. The van der Waals surface area contributed by atoms with Crippen LogP contribution in [0.15, 0.2) is 11.7 Å². The van der Waals surface area contributed by atoms with Crippen molar-refractivity contribution in [2.75, 3.05) is 0 Å². The minimum absolute atomic E-state index is 0.408. The van der Waals surface area contributed by atoms with Crippen LogP contribution in [0.3, 0.4) is 0 Å². The zero-order valence-corrected chi connectivity index (χ0v) is 8.17. The molecule has 4 nitrogen and oxygen atoms in total. The third kappa shape index (κ3) is 1.52. The molecule has 0 spiro atoms. The average Bonchev–Trinajstić information content (AvgIpc) is 2.47. The molecule has 0 aliphatic carbocycles. The predicted octanol–water partition coefficient (Wildman–Crippen LogP) is 1.31. The summed E-state index contributed by atoms with van der Waals surface area (Å²) in [5, 5.41) is 9.64. The van der Waals surface area contributed by atoms with Crippen LogP contribution in [0.2, 0.25) is 0 Å². The quantitative estimate of drug-likeness (QED) is 0.745. The fourth-order valence-corrected chi connectivity index (χ4v) is 1.55. The van der Waals surface area contributed by atoms with Gasteiger partial charge < -0.3 is 5.11 Å². The van der Waals surface area contributed by atoms with Crippen molar-refractivity contribution >= 4 is 21.7 Å². The molecule has 0 aromatic carbocycles. The van der Waals surface area contributed by atoms with E-state index in [1.54, 1.807) is 25.6 Å². The molecule has 68 valence electrons. The molecule has 5 heteroatoms. The molecule has 2 aromatic heterocycles. The number of hydrogen-bond donors (Lipinski definition) is 1. The van der Waals surface area contributed by atoms with Gasteiger partial charge in [0.25, 0.3) is 0 Å². The van der Waals surface area contributed by atoms with Gasteiger partial charge in [-0.3, -0.25) is 0 Å². The number of rotatable bonds is 1. The van der Waals surface area contributed by atoms with Gasteiger partial charge >= 0.3 is 0 Å². The molecule has 2 rings (SSSR count). The second-order valence-corrected chi connectivity index (χ2v) is 4.18. The first-order chi connectivity index (χ1) is 6.07. The van der Waals surface area contributed by atoms with Crippen molar-refractivity contribution in [3.63, 3.8) is 0 Å². The molecular formula is C8H9N3OS. The molecule has 0 saturated carbocycles. The number of fused-ring (bicyclic) bond motifs is 1. The van der Waals surface area contributed by atoms with Crippen molar-refractivity contribution in [2.24, 2.45) is 0 Å². The maximum atomic E-state index is 9.64. The first kappa shape index (κ1) is 8.52. The van der Waals surface area contributed by atoms with Gasteiger partial charge in [-0.05, 0) is 13.8 Å². The van der Waals surface area contributed by atoms with Gasteiger partial charge in [-0.25, -0.2) is 15.0 Å². The maximum absolute atomic E-state index is 9.64. The summed E-state index contributed by atoms with van der Waals surface area (Å²) in [5.74, 6) is 0.408. The smallest absolute Gasteiger partial charge is 0.173 e. The first-order valence-corrected chi connectivity index (χ1v) is 4.74. The zero-order valence-electron chi connectivity index (χ0n) is 7.35. The van der Waals surface area contributed by atoms with E-state index in [1.807, 2.05) is 0 Å². The number of aliphatic hydroxyl groups is 1. The fraction of sp³-hybridized carbons (Fsp3) is 0.375. The van der Waals surface area contributed by atoms with Crippen LogP contribution in [0, 0.1) is 0 Å². The van der Waals surface area contributed by atoms with Crippen molar-refractivity contribution in [1.29, 1.82) is 0 Å². The molecule has 0 bridgehead atoms. The van der Waals surface area contributed by atoms with Crippen LogP contribution in [0.25, 0.3) is 10.3 Å². The van der Waals surface area contributed by atoms with Gasteiger partial charge in [0.15, 0.2) is 11.5 Å². The normalized spacial score (nSPS) is 12.2. The molecule has 0 aliphatic rings. The molecule has 2 aromatic rings. The van der Waals surface area contributed by atoms with Crippen LogP contribution in [0.1, 0.15) is 19.7 Å². The second kappa shape index (κ2) is 2.71. The summed E-state index contributed by atoms with van der Waals surface area (Å²) >= 11 is 1.49. The largest absolute Gasteiger partial charge is 0.382 e. The first-order valence-electron chi connectivity index (χ1n) is 3.86. The van der Waals surface area contributed by atoms with Crippen LogP contribution >= 0.6 is 11.3 Å². The highest BCUT2D eigenvalue weighted by Crippen LogP contribution is 2.19. The number of hydrogen-bond acceptors (Lipinski definition) is 5. The predicted molar refractivity (Wildman–Crippen MR) is 50.5 cm³/mol. The summed E-state index contributed by atoms with van der Waals surface area (Å²) in [4.78, 5) is 12.3. The van der Waals surface area contributed by atoms with Gasteiger partial charge in [-0.2, -0.15) is 0 Å². The third-order valence-electron chi connectivity index (χ3n) is 1.64. The Hall–Kier alpha value is -1.07. The van der Waals surface area contributed by atoms with E-state index in [2.05, 4.69) is 15.0 Å². The Balaban J connectivity index is 2.61. The summed E-state index contributed by atoms with van der Waals surface area (Å²) in [6.07, 6.45) is 1.69. The van der Waals surface area contributed by atoms with E-state index in [0.717, 1.165) is 4.70 Å². The van der Waals surface area contributed by atoms with Crippen LogP contribution < -0.4 is 0 Å². The lowest BCUT2D eigenvalue weighted by molar-refractivity contribution is 0.0691.